The number of unbranched alkanes of at least 4 members (excludes halogenated alkanes) is 2. The number of hydrogen-bond acceptors (Lipinski definition) is 15. The number of aliphatic imine (C=N–C) groups is 1. The van der Waals surface area contributed by atoms with Gasteiger partial charge in [-0.05, 0) is 78.6 Å². The minimum atomic E-state index is -3.70. The third-order valence-electron chi connectivity index (χ3n) is 14.4. The number of anilines is 2. The van der Waals surface area contributed by atoms with Crippen molar-refractivity contribution in [2.75, 3.05) is 30.9 Å². The van der Waals surface area contributed by atoms with Crippen LogP contribution in [-0.4, -0.2) is 105 Å². The van der Waals surface area contributed by atoms with Crippen LogP contribution in [0.2, 0.25) is 0 Å². The summed E-state index contributed by atoms with van der Waals surface area (Å²) in [7, 11) is -2.13. The van der Waals surface area contributed by atoms with E-state index >= 15 is 4.39 Å². The van der Waals surface area contributed by atoms with Gasteiger partial charge in [-0.25, -0.2) is 32.2 Å². The second-order valence-electron chi connectivity index (χ2n) is 20.4. The van der Waals surface area contributed by atoms with Crippen LogP contribution in [0.1, 0.15) is 90.9 Å². The van der Waals surface area contributed by atoms with Gasteiger partial charge in [0, 0.05) is 79.4 Å². The maximum Gasteiger partial charge on any atom is 0.274 e. The monoisotopic (exact) mass is 1090 g/mol. The lowest BCUT2D eigenvalue weighted by Crippen LogP contribution is -2.48. The summed E-state index contributed by atoms with van der Waals surface area (Å²) in [6.45, 7) is 7.84. The summed E-state index contributed by atoms with van der Waals surface area (Å²) in [4.78, 5) is 75.7. The number of carbonyl (C=O) groups is 3. The van der Waals surface area contributed by atoms with E-state index in [-0.39, 0.29) is 95.7 Å². The Balaban J connectivity index is 0.783. The second kappa shape index (κ2) is 20.7. The second-order valence-corrected chi connectivity index (χ2v) is 23.4. The molecule has 3 amide bonds. The molecule has 5 aromatic heterocycles. The number of nitrogens with one attached hydrogen (secondary N) is 3. The van der Waals surface area contributed by atoms with Gasteiger partial charge < -0.3 is 44.4 Å². The summed E-state index contributed by atoms with van der Waals surface area (Å²) in [6.07, 6.45) is 6.12. The van der Waals surface area contributed by atoms with E-state index in [0.717, 1.165) is 28.6 Å². The highest BCUT2D eigenvalue weighted by Crippen LogP contribution is 2.45. The van der Waals surface area contributed by atoms with Crippen LogP contribution in [0, 0.1) is 24.5 Å². The van der Waals surface area contributed by atoms with Gasteiger partial charge in [0.25, 0.3) is 23.3 Å². The Labute approximate surface area is 445 Å². The number of β-amino-alcohol motifs (C(OH)–C–C–N with tert-alkyl or cyclic N) is 1. The lowest BCUT2D eigenvalue weighted by molar-refractivity contribution is -0.134. The molecule has 4 N–H and O–H groups in total. The topological polar surface area (TPSA) is 247 Å². The summed E-state index contributed by atoms with van der Waals surface area (Å²) in [5, 5.41) is 21.3. The number of ether oxygens (including phenoxy) is 1. The van der Waals surface area contributed by atoms with Crippen LogP contribution in [0.3, 0.4) is 0 Å². The van der Waals surface area contributed by atoms with Crippen molar-refractivity contribution in [1.29, 1.82) is 0 Å². The zero-order valence-electron chi connectivity index (χ0n) is 43.0. The van der Waals surface area contributed by atoms with Crippen molar-refractivity contribution < 1.29 is 45.9 Å². The van der Waals surface area contributed by atoms with E-state index in [1.165, 1.54) is 26.9 Å². The zero-order valence-corrected chi connectivity index (χ0v) is 44.7. The summed E-state index contributed by atoms with van der Waals surface area (Å²) >= 11 is 1.54. The number of pyridine rings is 2. The van der Waals surface area contributed by atoms with Crippen molar-refractivity contribution in [3.8, 4) is 27.4 Å². The fraction of sp³-hybridized carbons (Fsp3) is 0.370. The lowest BCUT2D eigenvalue weighted by Gasteiger charge is -2.29. The maximum atomic E-state index is 15.6. The molecule has 2 unspecified atom stereocenters. The molecular weight excluding hydrogens is 1030 g/mol. The first-order valence-electron chi connectivity index (χ1n) is 25.1. The minimum absolute atomic E-state index is 0.0259. The van der Waals surface area contributed by atoms with Crippen molar-refractivity contribution >= 4 is 67.1 Å². The molecule has 3 aliphatic rings. The highest BCUT2D eigenvalue weighted by Gasteiger charge is 2.48. The fourth-order valence-corrected chi connectivity index (χ4v) is 12.1. The molecule has 4 atom stereocenters. The molecule has 7 aromatic rings. The Morgan fingerprint density at radius 2 is 1.84 bits per heavy atom. The maximum absolute atomic E-state index is 15.6. The normalized spacial score (nSPS) is 18.6. The van der Waals surface area contributed by atoms with Crippen LogP contribution in [0.25, 0.3) is 32.5 Å². The number of thiazole rings is 1. The molecular formula is C54H56F2N10O9S2. The molecule has 0 bridgehead atoms. The molecule has 8 heterocycles. The molecule has 1 saturated heterocycles. The van der Waals surface area contributed by atoms with Gasteiger partial charge in [-0.15, -0.1) is 11.3 Å². The number of carbonyl (C=O) groups excluding carboxylic acids is 3. The van der Waals surface area contributed by atoms with E-state index in [1.54, 1.807) is 48.9 Å². The third kappa shape index (κ3) is 10.3. The average molecular weight is 1090 g/mol. The predicted octanol–water partition coefficient (Wildman–Crippen LogP) is 6.95. The molecule has 2 aromatic carbocycles. The number of aliphatic hydroxyl groups excluding tert-OH is 1. The molecule has 77 heavy (non-hydrogen) atoms. The van der Waals surface area contributed by atoms with E-state index in [9.17, 15) is 37.1 Å². The highest BCUT2D eigenvalue weighted by atomic mass is 32.2. The molecule has 0 saturated carbocycles. The van der Waals surface area contributed by atoms with Gasteiger partial charge in [-0.1, -0.05) is 38.1 Å². The Kier molecular flexibility index (Phi) is 14.2. The Morgan fingerprint density at radius 1 is 1.06 bits per heavy atom. The number of halogens is 2. The van der Waals surface area contributed by atoms with Gasteiger partial charge in [-0.3, -0.25) is 19.2 Å². The van der Waals surface area contributed by atoms with Gasteiger partial charge in [0.15, 0.2) is 32.8 Å². The predicted molar refractivity (Wildman–Crippen MR) is 285 cm³/mol. The van der Waals surface area contributed by atoms with E-state index < -0.39 is 56.7 Å². The molecule has 0 spiro atoms. The number of aromatic amines is 1. The average Bonchev–Trinajstić information content (AvgIpc) is 4.34. The van der Waals surface area contributed by atoms with E-state index in [4.69, 9.17) is 14.3 Å². The van der Waals surface area contributed by atoms with Gasteiger partial charge in [-0.2, -0.15) is 0 Å². The quantitative estimate of drug-likeness (QED) is 0.0676. The number of sulfone groups is 1. The SMILES string of the molecule is Cc1ncsc1-c1ccc(C2(C)N=C(C3C[C@@H](O)CN3C(=O)[C@H](c3cc(OCCCCCNC(=O)c4cc5c(cc4CS(C)(=O)=O)-c4cn(C)c(=O)c6[nH]cc(c46)CN5c4ncc(F)cc4F)no3)C(C)C)NC2=O)cc1. The zero-order chi connectivity index (χ0) is 54.7. The van der Waals surface area contributed by atoms with Gasteiger partial charge in [0.1, 0.15) is 23.1 Å². The summed E-state index contributed by atoms with van der Waals surface area (Å²) in [5.41, 5.74) is 5.10. The molecule has 1 fully saturated rings. The Bertz CT molecular complexity index is 3680. The first-order valence-corrected chi connectivity index (χ1v) is 28.0. The minimum Gasteiger partial charge on any atom is -0.476 e. The smallest absolute Gasteiger partial charge is 0.274 e. The number of benzene rings is 2. The van der Waals surface area contributed by atoms with Crippen LogP contribution in [0.5, 0.6) is 5.88 Å². The van der Waals surface area contributed by atoms with Crippen LogP contribution in [0.15, 0.2) is 86.9 Å². The summed E-state index contributed by atoms with van der Waals surface area (Å²) < 4.78 is 68.4. The highest BCUT2D eigenvalue weighted by molar-refractivity contribution is 7.89. The fourth-order valence-electron chi connectivity index (χ4n) is 10.5. The van der Waals surface area contributed by atoms with Crippen LogP contribution < -0.4 is 25.8 Å². The lowest BCUT2D eigenvalue weighted by atomic mass is 9.91. The number of nitrogens with zero attached hydrogens (tertiary/aromatic N) is 7. The van der Waals surface area contributed by atoms with Crippen LogP contribution in [0.4, 0.5) is 20.3 Å². The number of amidine groups is 1. The van der Waals surface area contributed by atoms with Crippen molar-refractivity contribution in [1.82, 2.24) is 40.2 Å². The number of hydrogen-bond donors (Lipinski definition) is 4. The van der Waals surface area contributed by atoms with Crippen LogP contribution >= 0.6 is 11.3 Å². The van der Waals surface area contributed by atoms with Crippen molar-refractivity contribution in [2.24, 2.45) is 18.0 Å². The number of aliphatic hydroxyl groups is 1. The van der Waals surface area contributed by atoms with Gasteiger partial charge in [0.05, 0.1) is 59.0 Å². The number of likely N-dealkylation sites (tertiary alicyclic amines) is 1. The largest absolute Gasteiger partial charge is 0.476 e. The van der Waals surface area contributed by atoms with Crippen LogP contribution in [-0.2, 0) is 44.3 Å². The van der Waals surface area contributed by atoms with Crippen molar-refractivity contribution in [3.63, 3.8) is 0 Å². The summed E-state index contributed by atoms with van der Waals surface area (Å²) in [6, 6.07) is 12.2. The molecule has 0 aliphatic carbocycles. The number of fused-ring (bicyclic) bond motifs is 2. The molecule has 10 rings (SSSR count). The molecule has 23 heteroatoms. The van der Waals surface area contributed by atoms with Crippen molar-refractivity contribution in [3.05, 3.63) is 128 Å². The molecule has 0 radical (unpaired) electrons. The first kappa shape index (κ1) is 52.8. The number of H-pyrrole nitrogens is 1. The third-order valence-corrected chi connectivity index (χ3v) is 16.2. The summed E-state index contributed by atoms with van der Waals surface area (Å²) in [5.74, 6) is -4.17. The number of rotatable bonds is 17. The number of aryl methyl sites for hydroxylation is 2. The van der Waals surface area contributed by atoms with E-state index in [2.05, 4.69) is 30.7 Å². The van der Waals surface area contributed by atoms with E-state index in [1.807, 2.05) is 45.0 Å². The molecule has 3 aliphatic heterocycles. The van der Waals surface area contributed by atoms with Crippen molar-refractivity contribution in [2.45, 2.75) is 89.3 Å². The molecule has 19 nitrogen and oxygen atoms in total. The first-order chi connectivity index (χ1) is 36.7. The van der Waals surface area contributed by atoms with Gasteiger partial charge >= 0.3 is 0 Å². The standard InChI is InChI=1S/C54H56F2N10O9S2/c1-28(2)44(51(69)66-24-35(67)18-41(66)48-61-53(71)54(4,62-48)33-12-10-30(11-13-33)47-29(3)60-27-76-47)42-20-43(63-75-42)74-15-9-7-8-14-57-50(68)36-19-40-37(16-31(36)26-77(6,72)73)38-25-64(5)52(70)46-45(38)32(21-58-46)23-65(40)49-39(56)17-34(55)22-59-49/h10-13,16-17,19-22,25,27-28,35,41,44,58,67H,7-9,14-15,18,23-24,26H2,1-6H3,(H,57,68)(H,61,62,71)/t35-,41?,44+,54?/m1/s1. The number of aromatic nitrogens is 5. The Morgan fingerprint density at radius 3 is 2.56 bits per heavy atom. The molecule has 402 valence electrons. The number of amides is 3. The van der Waals surface area contributed by atoms with Gasteiger partial charge in [0.2, 0.25) is 5.91 Å². The Hall–Kier alpha value is -7.63. The van der Waals surface area contributed by atoms with E-state index in [0.29, 0.717) is 58.8 Å².